The lowest BCUT2D eigenvalue weighted by Crippen LogP contribution is -2.48. The number of ether oxygens (including phenoxy) is 1. The summed E-state index contributed by atoms with van der Waals surface area (Å²) >= 11 is 0. The van der Waals surface area contributed by atoms with Gasteiger partial charge in [0.1, 0.15) is 5.75 Å². The van der Waals surface area contributed by atoms with Crippen LogP contribution in [-0.4, -0.2) is 67.1 Å². The maximum absolute atomic E-state index is 13.0. The Balaban J connectivity index is 1.31. The van der Waals surface area contributed by atoms with Gasteiger partial charge in [0.25, 0.3) is 11.8 Å². The molecule has 1 aliphatic heterocycles. The van der Waals surface area contributed by atoms with E-state index in [1.807, 2.05) is 57.4 Å². The molecule has 0 aliphatic carbocycles. The van der Waals surface area contributed by atoms with Gasteiger partial charge in [-0.3, -0.25) is 14.6 Å². The van der Waals surface area contributed by atoms with Gasteiger partial charge in [0.15, 0.2) is 0 Å². The number of benzene rings is 2. The van der Waals surface area contributed by atoms with E-state index in [0.29, 0.717) is 36.3 Å². The highest BCUT2D eigenvalue weighted by molar-refractivity contribution is 6.00. The standard InChI is InChI=1S/C36H49N5O3/c1-7-16-38-36(43)34-26(3)21-29(22-27(34)4)35(42)39-18-13-28(5)40-19-14-32(15-20-40)41(24-30-23-37-17-12-25(30)2)31-8-10-33(44-6)11-9-31/h8-12,17,21-23,28,32H,7,13-16,18-20,24H2,1-6H3,(H,38,43)(H,39,42)/t28-/m1/s1. The molecule has 1 aliphatic rings. The molecule has 2 aromatic carbocycles. The summed E-state index contributed by atoms with van der Waals surface area (Å²) in [5.74, 6) is 0.688. The van der Waals surface area contributed by atoms with Crippen molar-refractivity contribution in [3.8, 4) is 5.75 Å². The van der Waals surface area contributed by atoms with Crippen LogP contribution in [0.25, 0.3) is 0 Å². The molecule has 3 aromatic rings. The van der Waals surface area contributed by atoms with Crippen molar-refractivity contribution < 1.29 is 14.3 Å². The predicted octanol–water partition coefficient (Wildman–Crippen LogP) is 5.83. The molecule has 1 saturated heterocycles. The molecule has 8 heteroatoms. The zero-order chi connectivity index (χ0) is 31.6. The number of amides is 2. The molecular formula is C36H49N5O3. The van der Waals surface area contributed by atoms with E-state index < -0.39 is 0 Å². The van der Waals surface area contributed by atoms with Crippen molar-refractivity contribution in [3.05, 3.63) is 88.2 Å². The molecule has 0 unspecified atom stereocenters. The number of piperidine rings is 1. The summed E-state index contributed by atoms with van der Waals surface area (Å²) in [5.41, 5.74) is 6.60. The van der Waals surface area contributed by atoms with Crippen molar-refractivity contribution in [2.45, 2.75) is 78.9 Å². The topological polar surface area (TPSA) is 86.8 Å². The Morgan fingerprint density at radius 2 is 1.64 bits per heavy atom. The number of rotatable bonds is 13. The Morgan fingerprint density at radius 1 is 0.977 bits per heavy atom. The molecule has 8 nitrogen and oxygen atoms in total. The number of carbonyl (C=O) groups excluding carboxylic acids is 2. The first-order valence-corrected chi connectivity index (χ1v) is 15.9. The van der Waals surface area contributed by atoms with Gasteiger partial charge in [0.2, 0.25) is 0 Å². The molecule has 236 valence electrons. The van der Waals surface area contributed by atoms with Crippen LogP contribution in [0.5, 0.6) is 5.75 Å². The van der Waals surface area contributed by atoms with E-state index in [1.54, 1.807) is 7.11 Å². The SMILES string of the molecule is CCCNC(=O)c1c(C)cc(C(=O)NCC[C@@H](C)N2CCC(N(Cc3cnccc3C)c3ccc(OC)cc3)CC2)cc1C. The number of likely N-dealkylation sites (tertiary alicyclic amines) is 1. The average molecular weight is 600 g/mol. The Labute approximate surface area is 263 Å². The molecule has 1 aromatic heterocycles. The fraction of sp³-hybridized carbons (Fsp3) is 0.472. The number of anilines is 1. The fourth-order valence-electron chi connectivity index (χ4n) is 6.15. The summed E-state index contributed by atoms with van der Waals surface area (Å²) in [4.78, 5) is 35.0. The number of pyridine rings is 1. The fourth-order valence-corrected chi connectivity index (χ4v) is 6.15. The van der Waals surface area contributed by atoms with Crippen LogP contribution in [0.15, 0.2) is 54.9 Å². The third-order valence-corrected chi connectivity index (χ3v) is 8.86. The van der Waals surface area contributed by atoms with Crippen molar-refractivity contribution in [1.82, 2.24) is 20.5 Å². The minimum Gasteiger partial charge on any atom is -0.497 e. The second-order valence-corrected chi connectivity index (χ2v) is 12.0. The molecule has 1 atom stereocenters. The number of nitrogens with zero attached hydrogens (tertiary/aromatic N) is 3. The molecule has 0 spiro atoms. The normalized spacial score (nSPS) is 14.6. The summed E-state index contributed by atoms with van der Waals surface area (Å²) in [5, 5.41) is 6.04. The van der Waals surface area contributed by atoms with Crippen molar-refractivity contribution in [2.24, 2.45) is 0 Å². The zero-order valence-electron chi connectivity index (χ0n) is 27.3. The number of aryl methyl sites for hydroxylation is 3. The summed E-state index contributed by atoms with van der Waals surface area (Å²) in [6.45, 7) is 14.3. The van der Waals surface area contributed by atoms with Gasteiger partial charge in [0, 0.05) is 74.0 Å². The Hall–Kier alpha value is -3.91. The van der Waals surface area contributed by atoms with Crippen LogP contribution in [-0.2, 0) is 6.54 Å². The minimum absolute atomic E-state index is 0.0780. The Morgan fingerprint density at radius 3 is 2.25 bits per heavy atom. The van der Waals surface area contributed by atoms with Gasteiger partial charge < -0.3 is 25.2 Å². The van der Waals surface area contributed by atoms with E-state index in [4.69, 9.17) is 4.74 Å². The smallest absolute Gasteiger partial charge is 0.251 e. The first-order chi connectivity index (χ1) is 21.2. The third kappa shape index (κ3) is 8.38. The van der Waals surface area contributed by atoms with E-state index in [-0.39, 0.29) is 11.8 Å². The van der Waals surface area contributed by atoms with E-state index in [0.717, 1.165) is 62.2 Å². The molecule has 0 bridgehead atoms. The van der Waals surface area contributed by atoms with Crippen molar-refractivity contribution >= 4 is 17.5 Å². The lowest BCUT2D eigenvalue weighted by molar-refractivity contribution is 0.0935. The van der Waals surface area contributed by atoms with E-state index in [2.05, 4.69) is 57.5 Å². The molecule has 0 saturated carbocycles. The maximum atomic E-state index is 13.0. The highest BCUT2D eigenvalue weighted by Crippen LogP contribution is 2.29. The van der Waals surface area contributed by atoms with Gasteiger partial charge in [-0.05, 0) is 118 Å². The van der Waals surface area contributed by atoms with Gasteiger partial charge in [-0.2, -0.15) is 0 Å². The highest BCUT2D eigenvalue weighted by Gasteiger charge is 2.28. The van der Waals surface area contributed by atoms with E-state index in [9.17, 15) is 9.59 Å². The molecule has 2 amide bonds. The van der Waals surface area contributed by atoms with Crippen molar-refractivity contribution in [2.75, 3.05) is 38.2 Å². The quantitative estimate of drug-likeness (QED) is 0.257. The molecule has 4 rings (SSSR count). The van der Waals surface area contributed by atoms with Crippen LogP contribution < -0.4 is 20.3 Å². The Kier molecular flexibility index (Phi) is 11.8. The van der Waals surface area contributed by atoms with Gasteiger partial charge >= 0.3 is 0 Å². The lowest BCUT2D eigenvalue weighted by Gasteiger charge is -2.42. The predicted molar refractivity (Wildman–Crippen MR) is 178 cm³/mol. The number of methoxy groups -OCH3 is 1. The van der Waals surface area contributed by atoms with Crippen molar-refractivity contribution in [1.29, 1.82) is 0 Å². The Bertz CT molecular complexity index is 1380. The van der Waals surface area contributed by atoms with Gasteiger partial charge in [-0.15, -0.1) is 0 Å². The summed E-state index contributed by atoms with van der Waals surface area (Å²) in [6.07, 6.45) is 7.74. The monoisotopic (exact) mass is 599 g/mol. The molecular weight excluding hydrogens is 550 g/mol. The molecule has 2 N–H and O–H groups in total. The molecule has 1 fully saturated rings. The number of hydrogen-bond donors (Lipinski definition) is 2. The van der Waals surface area contributed by atoms with Crippen LogP contribution in [0.4, 0.5) is 5.69 Å². The third-order valence-electron chi connectivity index (χ3n) is 8.86. The van der Waals surface area contributed by atoms with E-state index in [1.165, 1.54) is 16.8 Å². The first-order valence-electron chi connectivity index (χ1n) is 15.9. The van der Waals surface area contributed by atoms with Crippen molar-refractivity contribution in [3.63, 3.8) is 0 Å². The number of nitrogens with one attached hydrogen (secondary N) is 2. The van der Waals surface area contributed by atoms with Gasteiger partial charge in [-0.25, -0.2) is 0 Å². The van der Waals surface area contributed by atoms with Gasteiger partial charge in [-0.1, -0.05) is 6.92 Å². The number of hydrogen-bond acceptors (Lipinski definition) is 6. The average Bonchev–Trinajstić information content (AvgIpc) is 3.03. The summed E-state index contributed by atoms with van der Waals surface area (Å²) < 4.78 is 5.40. The second kappa shape index (κ2) is 15.7. The molecule has 2 heterocycles. The van der Waals surface area contributed by atoms with Crippen LogP contribution in [0, 0.1) is 20.8 Å². The summed E-state index contributed by atoms with van der Waals surface area (Å²) in [6, 6.07) is 14.9. The number of aromatic nitrogens is 1. The minimum atomic E-state index is -0.0940. The molecule has 44 heavy (non-hydrogen) atoms. The van der Waals surface area contributed by atoms with Crippen LogP contribution in [0.2, 0.25) is 0 Å². The van der Waals surface area contributed by atoms with E-state index >= 15 is 0 Å². The lowest BCUT2D eigenvalue weighted by atomic mass is 9.98. The van der Waals surface area contributed by atoms with Crippen LogP contribution >= 0.6 is 0 Å². The van der Waals surface area contributed by atoms with Crippen LogP contribution in [0.1, 0.15) is 82.5 Å². The van der Waals surface area contributed by atoms with Crippen LogP contribution in [0.3, 0.4) is 0 Å². The molecule has 0 radical (unpaired) electrons. The second-order valence-electron chi connectivity index (χ2n) is 12.0. The summed E-state index contributed by atoms with van der Waals surface area (Å²) in [7, 11) is 1.70. The largest absolute Gasteiger partial charge is 0.497 e. The maximum Gasteiger partial charge on any atom is 0.251 e. The first kappa shape index (κ1) is 33.0. The number of carbonyl (C=O) groups is 2. The van der Waals surface area contributed by atoms with Gasteiger partial charge in [0.05, 0.1) is 7.11 Å². The zero-order valence-corrected chi connectivity index (χ0v) is 27.3. The highest BCUT2D eigenvalue weighted by atomic mass is 16.5.